The minimum absolute atomic E-state index is 0.0364. The average Bonchev–Trinajstić information content (AvgIpc) is 3.26. The molecule has 0 radical (unpaired) electrons. The minimum Gasteiger partial charge on any atom is -0.255 e. The third kappa shape index (κ3) is 3.12. The van der Waals surface area contributed by atoms with Crippen molar-refractivity contribution in [1.29, 1.82) is 0 Å². The Kier molecular flexibility index (Phi) is 2.33. The van der Waals surface area contributed by atoms with E-state index in [9.17, 15) is 1.37 Å². The molecule has 1 nitrogen and oxygen atoms in total. The van der Waals surface area contributed by atoms with Gasteiger partial charge in [0.2, 0.25) is 0 Å². The SMILES string of the molecule is [2H]c1nc(-c2cc3c([2H])c([2H])c([2H])c([2H])c3c(C(C)(C)C)c2[2H])c2sc(-c3c([2H])c([2H])c([2H])c([2H])c3[2H])c(C)c2c1[2H]. The maximum Gasteiger partial charge on any atom is 0.0880 e. The molecule has 2 aromatic heterocycles. The Morgan fingerprint density at radius 3 is 2.37 bits per heavy atom. The van der Waals surface area contributed by atoms with E-state index in [0.29, 0.717) is 26.1 Å². The van der Waals surface area contributed by atoms with Crippen molar-refractivity contribution in [3.8, 4) is 21.7 Å². The van der Waals surface area contributed by atoms with E-state index < -0.39 is 53.9 Å². The van der Waals surface area contributed by atoms with Crippen molar-refractivity contribution < 1.29 is 16.4 Å². The van der Waals surface area contributed by atoms with Gasteiger partial charge in [0.15, 0.2) is 0 Å². The second kappa shape index (κ2) is 7.07. The van der Waals surface area contributed by atoms with Crippen LogP contribution in [0.1, 0.15) is 48.3 Å². The number of pyridine rings is 1. The molecule has 5 aromatic rings. The second-order valence-corrected chi connectivity index (χ2v) is 9.07. The van der Waals surface area contributed by atoms with E-state index >= 15 is 0 Å². The Hall–Kier alpha value is -2.97. The van der Waals surface area contributed by atoms with Gasteiger partial charge >= 0.3 is 0 Å². The summed E-state index contributed by atoms with van der Waals surface area (Å²) in [6.45, 7) is 7.16. The van der Waals surface area contributed by atoms with Crippen LogP contribution < -0.4 is 0 Å². The van der Waals surface area contributed by atoms with E-state index in [0.717, 1.165) is 11.3 Å². The first-order valence-electron chi connectivity index (χ1n) is 15.4. The van der Waals surface area contributed by atoms with Crippen LogP contribution in [0.3, 0.4) is 0 Å². The molecule has 0 amide bonds. The highest BCUT2D eigenvalue weighted by atomic mass is 32.1. The number of aryl methyl sites for hydroxylation is 1. The van der Waals surface area contributed by atoms with Crippen molar-refractivity contribution in [3.05, 3.63) is 89.8 Å². The van der Waals surface area contributed by atoms with E-state index in [1.807, 2.05) is 20.8 Å². The van der Waals surface area contributed by atoms with Gasteiger partial charge in [0.1, 0.15) is 0 Å². The van der Waals surface area contributed by atoms with Crippen LogP contribution in [0.2, 0.25) is 0 Å². The largest absolute Gasteiger partial charge is 0.255 e. The molecular formula is C28H25NS. The molecule has 0 saturated heterocycles. The number of thiophene rings is 1. The summed E-state index contributed by atoms with van der Waals surface area (Å²) in [5.41, 5.74) is 0.377. The lowest BCUT2D eigenvalue weighted by atomic mass is 9.82. The van der Waals surface area contributed by atoms with Crippen LogP contribution in [0, 0.1) is 6.92 Å². The summed E-state index contributed by atoms with van der Waals surface area (Å²) >= 11 is 1.05. The zero-order chi connectivity index (χ0) is 31.3. The van der Waals surface area contributed by atoms with Crippen molar-refractivity contribution >= 4 is 32.2 Å². The lowest BCUT2D eigenvalue weighted by Crippen LogP contribution is -2.12. The maximum atomic E-state index is 9.26. The fraction of sp³-hybridized carbons (Fsp3) is 0.179. The predicted molar refractivity (Wildman–Crippen MR) is 131 cm³/mol. The van der Waals surface area contributed by atoms with Crippen LogP contribution >= 0.6 is 11.3 Å². The van der Waals surface area contributed by atoms with Crippen molar-refractivity contribution in [1.82, 2.24) is 4.98 Å². The van der Waals surface area contributed by atoms with Gasteiger partial charge in [-0.2, -0.15) is 0 Å². The summed E-state index contributed by atoms with van der Waals surface area (Å²) in [6.07, 6.45) is -0.391. The molecule has 5 rings (SSSR count). The molecule has 0 atom stereocenters. The van der Waals surface area contributed by atoms with Crippen LogP contribution in [0.15, 0.2) is 78.7 Å². The number of hydrogen-bond donors (Lipinski definition) is 0. The molecule has 0 aliphatic rings. The molecule has 0 aliphatic carbocycles. The quantitative estimate of drug-likeness (QED) is 0.280. The van der Waals surface area contributed by atoms with E-state index in [4.69, 9.17) is 15.1 Å². The number of aromatic nitrogens is 1. The van der Waals surface area contributed by atoms with Crippen LogP contribution in [0.25, 0.3) is 42.6 Å². The summed E-state index contributed by atoms with van der Waals surface area (Å²) in [4.78, 5) is 4.69. The molecule has 0 saturated carbocycles. The smallest absolute Gasteiger partial charge is 0.0880 e. The predicted octanol–water partition coefficient (Wildman–Crippen LogP) is 8.39. The summed E-state index contributed by atoms with van der Waals surface area (Å²) in [6, 6.07) is -2.49. The van der Waals surface area contributed by atoms with E-state index in [1.165, 1.54) is 6.07 Å². The van der Waals surface area contributed by atoms with Crippen molar-refractivity contribution in [3.63, 3.8) is 0 Å². The highest BCUT2D eigenvalue weighted by Crippen LogP contribution is 2.43. The van der Waals surface area contributed by atoms with E-state index in [1.54, 1.807) is 6.92 Å². The highest BCUT2D eigenvalue weighted by molar-refractivity contribution is 7.23. The van der Waals surface area contributed by atoms with Gasteiger partial charge < -0.3 is 0 Å². The summed E-state index contributed by atoms with van der Waals surface area (Å²) in [7, 11) is 0. The number of fused-ring (bicyclic) bond motifs is 2. The lowest BCUT2D eigenvalue weighted by Gasteiger charge is -2.22. The zero-order valence-corrected chi connectivity index (χ0v) is 17.7. The monoisotopic (exact) mass is 419 g/mol. The lowest BCUT2D eigenvalue weighted by molar-refractivity contribution is 0.596. The molecule has 0 aliphatic heterocycles. The number of benzene rings is 3. The Bertz CT molecular complexity index is 1980. The van der Waals surface area contributed by atoms with Gasteiger partial charge in [-0.3, -0.25) is 4.98 Å². The van der Waals surface area contributed by atoms with Gasteiger partial charge in [0.25, 0.3) is 0 Å². The van der Waals surface area contributed by atoms with Gasteiger partial charge in [-0.25, -0.2) is 0 Å². The van der Waals surface area contributed by atoms with Gasteiger partial charge in [-0.15, -0.1) is 11.3 Å². The summed E-state index contributed by atoms with van der Waals surface area (Å²) < 4.78 is 102. The highest BCUT2D eigenvalue weighted by Gasteiger charge is 2.20. The Morgan fingerprint density at radius 1 is 0.867 bits per heavy atom. The standard InChI is InChI=1S/C28H25NS/c1-18-22-14-15-29-25(27(22)30-26(18)19-10-6-5-7-11-19)21-16-20-12-8-9-13-23(20)24(17-21)28(2,3)4/h5-17H,1-4H3/i5D,6D,7D,8D,9D,10D,11D,12D,13D,14D,15D,17D. The molecule has 0 spiro atoms. The number of rotatable bonds is 2. The normalized spacial score (nSPS) is 17.6. The molecule has 0 unspecified atom stereocenters. The fourth-order valence-electron chi connectivity index (χ4n) is 3.50. The molecule has 0 fully saturated rings. The van der Waals surface area contributed by atoms with E-state index in [-0.39, 0.29) is 51.8 Å². The summed E-state index contributed by atoms with van der Waals surface area (Å²) in [5, 5.41) is 0.708. The molecule has 148 valence electrons. The zero-order valence-electron chi connectivity index (χ0n) is 28.9. The second-order valence-electron chi connectivity index (χ2n) is 8.05. The van der Waals surface area contributed by atoms with E-state index in [2.05, 4.69) is 4.98 Å². The Balaban J connectivity index is 1.99. The Labute approximate surface area is 198 Å². The first kappa shape index (κ1) is 9.89. The fourth-order valence-corrected chi connectivity index (χ4v) is 4.72. The molecule has 0 N–H and O–H groups in total. The van der Waals surface area contributed by atoms with Crippen molar-refractivity contribution in [2.24, 2.45) is 0 Å². The molecule has 30 heavy (non-hydrogen) atoms. The van der Waals surface area contributed by atoms with Crippen LogP contribution in [-0.2, 0) is 5.41 Å². The first-order valence-corrected chi connectivity index (χ1v) is 10.2. The van der Waals surface area contributed by atoms with Crippen molar-refractivity contribution in [2.75, 3.05) is 0 Å². The third-order valence-corrected chi connectivity index (χ3v) is 6.27. The molecule has 3 aromatic carbocycles. The van der Waals surface area contributed by atoms with Gasteiger partial charge in [-0.1, -0.05) is 75.2 Å². The van der Waals surface area contributed by atoms with Gasteiger partial charge in [-0.05, 0) is 63.3 Å². The van der Waals surface area contributed by atoms with Crippen LogP contribution in [0.4, 0.5) is 0 Å². The first-order chi connectivity index (χ1) is 19.4. The summed E-state index contributed by atoms with van der Waals surface area (Å²) in [5.74, 6) is 0. The molecule has 2 heterocycles. The van der Waals surface area contributed by atoms with Gasteiger partial charge in [0, 0.05) is 16.6 Å². The third-order valence-electron chi connectivity index (χ3n) is 4.96. The number of hydrogen-bond acceptors (Lipinski definition) is 2. The maximum absolute atomic E-state index is 9.26. The minimum atomic E-state index is -0.730. The molecular weight excluding hydrogens is 382 g/mol. The number of nitrogens with zero attached hydrogens (tertiary/aromatic N) is 1. The topological polar surface area (TPSA) is 12.9 Å². The Morgan fingerprint density at radius 2 is 1.60 bits per heavy atom. The van der Waals surface area contributed by atoms with Gasteiger partial charge in [0.05, 0.1) is 26.8 Å². The van der Waals surface area contributed by atoms with Crippen LogP contribution in [0.5, 0.6) is 0 Å². The average molecular weight is 420 g/mol. The van der Waals surface area contributed by atoms with Crippen LogP contribution in [-0.4, -0.2) is 4.98 Å². The molecule has 2 heteroatoms. The van der Waals surface area contributed by atoms with Crippen molar-refractivity contribution in [2.45, 2.75) is 33.1 Å². The molecule has 0 bridgehead atoms.